The van der Waals surface area contributed by atoms with Gasteiger partial charge in [0.1, 0.15) is 0 Å². The highest BCUT2D eigenvalue weighted by Gasteiger charge is 2.31. The van der Waals surface area contributed by atoms with Crippen LogP contribution >= 0.6 is 12.4 Å². The predicted octanol–water partition coefficient (Wildman–Crippen LogP) is 5.42. The van der Waals surface area contributed by atoms with Crippen molar-refractivity contribution in [3.8, 4) is 0 Å². The van der Waals surface area contributed by atoms with Crippen LogP contribution in [0, 0.1) is 0 Å². The van der Waals surface area contributed by atoms with Gasteiger partial charge in [-0.2, -0.15) is 13.2 Å². The highest BCUT2D eigenvalue weighted by Crippen LogP contribution is 2.37. The van der Waals surface area contributed by atoms with Crippen LogP contribution in [-0.2, 0) is 12.7 Å². The Morgan fingerprint density at radius 1 is 0.816 bits per heavy atom. The smallest absolute Gasteiger partial charge is 0.416 e. The number of hydrogen-bond acceptors (Lipinski definition) is 6. The topological polar surface area (TPSA) is 114 Å². The number of carbonyl (C=O) groups is 2. The fourth-order valence-electron chi connectivity index (χ4n) is 4.10. The number of carboxylic acids is 2. The molecule has 5 N–H and O–H groups in total. The van der Waals surface area contributed by atoms with Gasteiger partial charge in [-0.25, -0.2) is 9.59 Å². The quantitative estimate of drug-likeness (QED) is 0.253. The lowest BCUT2D eigenvalue weighted by Gasteiger charge is -2.27. The molecule has 202 valence electrons. The van der Waals surface area contributed by atoms with Crippen LogP contribution in [0.3, 0.4) is 0 Å². The van der Waals surface area contributed by atoms with E-state index in [2.05, 4.69) is 20.9 Å². The number of para-hydroxylation sites is 1. The zero-order valence-corrected chi connectivity index (χ0v) is 20.8. The Hall–Kier alpha value is -3.80. The van der Waals surface area contributed by atoms with Crippen molar-refractivity contribution in [2.24, 2.45) is 0 Å². The van der Waals surface area contributed by atoms with E-state index in [1.54, 1.807) is 12.1 Å². The minimum atomic E-state index is -4.64. The average molecular weight is 551 g/mol. The van der Waals surface area contributed by atoms with E-state index < -0.39 is 23.7 Å². The Bertz CT molecular complexity index is 1310. The lowest BCUT2D eigenvalue weighted by Crippen LogP contribution is -2.42. The van der Waals surface area contributed by atoms with Crippen LogP contribution < -0.4 is 16.0 Å². The number of carboxylic acid groups (broad SMARTS) is 2. The summed E-state index contributed by atoms with van der Waals surface area (Å²) in [7, 11) is 0. The molecule has 1 heterocycles. The SMILES string of the molecule is Cl.O=C(O)c1ccccc1Nc1ccc(C(F)(F)F)cc1Nc1ccc(CN2CCNCC2)cc1C(=O)O. The summed E-state index contributed by atoms with van der Waals surface area (Å²) in [5.74, 6) is -2.44. The van der Waals surface area contributed by atoms with E-state index in [1.165, 1.54) is 36.4 Å². The van der Waals surface area contributed by atoms with Gasteiger partial charge in [0.05, 0.1) is 39.4 Å². The molecule has 3 aromatic rings. The van der Waals surface area contributed by atoms with Crippen LogP contribution in [0.1, 0.15) is 31.8 Å². The molecule has 4 rings (SSSR count). The minimum Gasteiger partial charge on any atom is -0.478 e. The Kier molecular flexibility index (Phi) is 9.21. The second kappa shape index (κ2) is 12.2. The number of piperazine rings is 1. The predicted molar refractivity (Wildman–Crippen MR) is 140 cm³/mol. The molecular weight excluding hydrogens is 525 g/mol. The summed E-state index contributed by atoms with van der Waals surface area (Å²) in [5.41, 5.74) is 0.00376. The van der Waals surface area contributed by atoms with Gasteiger partial charge in [0.15, 0.2) is 0 Å². The summed E-state index contributed by atoms with van der Waals surface area (Å²) in [6.07, 6.45) is -4.64. The van der Waals surface area contributed by atoms with E-state index in [1.807, 2.05) is 0 Å². The maximum atomic E-state index is 13.5. The molecule has 0 radical (unpaired) electrons. The van der Waals surface area contributed by atoms with Gasteiger partial charge in [0, 0.05) is 32.7 Å². The molecule has 1 aliphatic heterocycles. The molecule has 1 saturated heterocycles. The van der Waals surface area contributed by atoms with Crippen LogP contribution in [0.15, 0.2) is 60.7 Å². The second-order valence-electron chi connectivity index (χ2n) is 8.57. The Balaban J connectivity index is 0.00000400. The van der Waals surface area contributed by atoms with Crippen molar-refractivity contribution >= 4 is 47.1 Å². The fourth-order valence-corrected chi connectivity index (χ4v) is 4.10. The normalized spacial score (nSPS) is 13.9. The summed E-state index contributed by atoms with van der Waals surface area (Å²) in [4.78, 5) is 25.8. The number of nitrogens with zero attached hydrogens (tertiary/aromatic N) is 1. The summed E-state index contributed by atoms with van der Waals surface area (Å²) >= 11 is 0. The lowest BCUT2D eigenvalue weighted by atomic mass is 10.1. The van der Waals surface area contributed by atoms with E-state index in [-0.39, 0.29) is 46.3 Å². The fraction of sp³-hybridized carbons (Fsp3) is 0.231. The Morgan fingerprint density at radius 3 is 2.08 bits per heavy atom. The summed E-state index contributed by atoms with van der Waals surface area (Å²) in [6.45, 7) is 3.85. The van der Waals surface area contributed by atoms with Gasteiger partial charge in [0.2, 0.25) is 0 Å². The second-order valence-corrected chi connectivity index (χ2v) is 8.57. The summed E-state index contributed by atoms with van der Waals surface area (Å²) in [6, 6.07) is 13.6. The maximum Gasteiger partial charge on any atom is 0.416 e. The molecule has 0 atom stereocenters. The molecule has 38 heavy (non-hydrogen) atoms. The molecule has 0 bridgehead atoms. The summed E-state index contributed by atoms with van der Waals surface area (Å²) in [5, 5.41) is 28.2. The summed E-state index contributed by atoms with van der Waals surface area (Å²) < 4.78 is 40.5. The zero-order chi connectivity index (χ0) is 26.6. The third-order valence-corrected chi connectivity index (χ3v) is 5.97. The van der Waals surface area contributed by atoms with Crippen LogP contribution in [0.4, 0.5) is 35.9 Å². The van der Waals surface area contributed by atoms with E-state index in [0.717, 1.165) is 43.9 Å². The molecule has 12 heteroatoms. The van der Waals surface area contributed by atoms with Crippen molar-refractivity contribution in [2.75, 3.05) is 36.8 Å². The molecule has 0 aromatic heterocycles. The van der Waals surface area contributed by atoms with Gasteiger partial charge in [-0.1, -0.05) is 18.2 Å². The van der Waals surface area contributed by atoms with Crippen molar-refractivity contribution in [2.45, 2.75) is 12.7 Å². The standard InChI is InChI=1S/C26H25F3N4O4.ClH/c27-26(28,29)17-6-8-22(31-20-4-2-1-3-18(20)24(34)35)23(14-17)32-21-7-5-16(13-19(21)25(36)37)15-33-11-9-30-10-12-33;/h1-8,13-14,30-32H,9-12,15H2,(H,34,35)(H,36,37);1H. The van der Waals surface area contributed by atoms with Crippen molar-refractivity contribution in [3.63, 3.8) is 0 Å². The monoisotopic (exact) mass is 550 g/mol. The van der Waals surface area contributed by atoms with Crippen molar-refractivity contribution in [1.82, 2.24) is 10.2 Å². The number of halogens is 4. The number of rotatable bonds is 8. The van der Waals surface area contributed by atoms with Gasteiger partial charge in [0.25, 0.3) is 0 Å². The van der Waals surface area contributed by atoms with Gasteiger partial charge in [-0.05, 0) is 48.0 Å². The first-order valence-corrected chi connectivity index (χ1v) is 11.5. The minimum absolute atomic E-state index is 0. The first-order chi connectivity index (χ1) is 17.6. The number of nitrogens with one attached hydrogen (secondary N) is 3. The molecule has 8 nitrogen and oxygen atoms in total. The number of hydrogen-bond donors (Lipinski definition) is 5. The molecule has 0 spiro atoms. The van der Waals surface area contributed by atoms with Gasteiger partial charge in [-0.15, -0.1) is 12.4 Å². The van der Waals surface area contributed by atoms with E-state index >= 15 is 0 Å². The Labute approximate surface area is 222 Å². The van der Waals surface area contributed by atoms with Gasteiger partial charge in [-0.3, -0.25) is 4.90 Å². The average Bonchev–Trinajstić information content (AvgIpc) is 2.86. The molecule has 0 amide bonds. The molecule has 1 fully saturated rings. The third-order valence-electron chi connectivity index (χ3n) is 5.97. The number of alkyl halides is 3. The molecule has 0 saturated carbocycles. The highest BCUT2D eigenvalue weighted by atomic mass is 35.5. The van der Waals surface area contributed by atoms with Crippen LogP contribution in [0.2, 0.25) is 0 Å². The van der Waals surface area contributed by atoms with Crippen molar-refractivity contribution in [3.05, 3.63) is 82.9 Å². The zero-order valence-electron chi connectivity index (χ0n) is 20.0. The first kappa shape index (κ1) is 28.8. The molecule has 3 aromatic carbocycles. The maximum absolute atomic E-state index is 13.5. The lowest BCUT2D eigenvalue weighted by molar-refractivity contribution is -0.137. The van der Waals surface area contributed by atoms with E-state index in [0.29, 0.717) is 6.54 Å². The largest absolute Gasteiger partial charge is 0.478 e. The molecular formula is C26H26ClF3N4O4. The molecule has 1 aliphatic rings. The molecule has 0 aliphatic carbocycles. The van der Waals surface area contributed by atoms with Crippen molar-refractivity contribution < 1.29 is 33.0 Å². The van der Waals surface area contributed by atoms with E-state index in [4.69, 9.17) is 0 Å². The Morgan fingerprint density at radius 2 is 1.42 bits per heavy atom. The first-order valence-electron chi connectivity index (χ1n) is 11.5. The number of anilines is 4. The van der Waals surface area contributed by atoms with Gasteiger partial charge >= 0.3 is 18.1 Å². The third kappa shape index (κ3) is 6.94. The van der Waals surface area contributed by atoms with Crippen LogP contribution in [0.5, 0.6) is 0 Å². The van der Waals surface area contributed by atoms with Gasteiger partial charge < -0.3 is 26.2 Å². The number of aromatic carboxylic acids is 2. The number of benzene rings is 3. The van der Waals surface area contributed by atoms with Crippen molar-refractivity contribution in [1.29, 1.82) is 0 Å². The van der Waals surface area contributed by atoms with E-state index in [9.17, 15) is 33.0 Å². The van der Waals surface area contributed by atoms with Crippen LogP contribution in [-0.4, -0.2) is 53.2 Å². The highest BCUT2D eigenvalue weighted by molar-refractivity contribution is 5.98. The van der Waals surface area contributed by atoms with Crippen LogP contribution in [0.25, 0.3) is 0 Å². The molecule has 0 unspecified atom stereocenters.